The molecule has 0 saturated heterocycles. The van der Waals surface area contributed by atoms with Crippen molar-refractivity contribution in [3.05, 3.63) is 71.6 Å². The van der Waals surface area contributed by atoms with Crippen LogP contribution in [0, 0.1) is 11.3 Å². The average Bonchev–Trinajstić information content (AvgIpc) is 2.81. The van der Waals surface area contributed by atoms with Crippen molar-refractivity contribution >= 4 is 35.5 Å². The molecule has 0 amide bonds. The second kappa shape index (κ2) is 10.7. The van der Waals surface area contributed by atoms with Crippen LogP contribution in [0.2, 0.25) is 0 Å². The van der Waals surface area contributed by atoms with Crippen molar-refractivity contribution in [3.8, 4) is 0 Å². The van der Waals surface area contributed by atoms with Crippen molar-refractivity contribution in [1.82, 2.24) is 0 Å². The van der Waals surface area contributed by atoms with Crippen molar-refractivity contribution in [1.29, 1.82) is 0 Å². The highest BCUT2D eigenvalue weighted by Crippen LogP contribution is 2.46. The van der Waals surface area contributed by atoms with Crippen LogP contribution in [0.3, 0.4) is 0 Å². The number of esters is 2. The van der Waals surface area contributed by atoms with Gasteiger partial charge < -0.3 is 9.47 Å². The van der Waals surface area contributed by atoms with E-state index in [4.69, 9.17) is 9.47 Å². The number of carbonyl (C=O) groups excluding carboxylic acids is 2. The molecule has 30 heavy (non-hydrogen) atoms. The molecule has 158 valence electrons. The molecule has 0 spiro atoms. The first-order valence-corrected chi connectivity index (χ1v) is 11.7. The fourth-order valence-electron chi connectivity index (χ4n) is 3.74. The fraction of sp³-hybridized carbons (Fsp3) is 0.333. The minimum atomic E-state index is -1.24. The molecule has 1 atom stereocenters. The van der Waals surface area contributed by atoms with Crippen LogP contribution in [-0.4, -0.2) is 31.9 Å². The SMILES string of the molecule is COC(=O)C1(C(=O)OC)CC/C(=C\Sc2ccccc2)C(CSc2ccccc2)C1. The zero-order valence-corrected chi connectivity index (χ0v) is 18.8. The summed E-state index contributed by atoms with van der Waals surface area (Å²) in [5.74, 6) is -0.156. The summed E-state index contributed by atoms with van der Waals surface area (Å²) in [6.07, 6.45) is 1.46. The van der Waals surface area contributed by atoms with Crippen molar-refractivity contribution in [3.63, 3.8) is 0 Å². The van der Waals surface area contributed by atoms with Crippen LogP contribution in [-0.2, 0) is 19.1 Å². The van der Waals surface area contributed by atoms with Gasteiger partial charge in [-0.25, -0.2) is 0 Å². The van der Waals surface area contributed by atoms with Gasteiger partial charge in [-0.1, -0.05) is 53.7 Å². The number of methoxy groups -OCH3 is 2. The maximum absolute atomic E-state index is 12.6. The highest BCUT2D eigenvalue weighted by Gasteiger charge is 2.52. The van der Waals surface area contributed by atoms with Crippen molar-refractivity contribution in [2.45, 2.75) is 29.1 Å². The van der Waals surface area contributed by atoms with E-state index in [1.54, 1.807) is 23.5 Å². The van der Waals surface area contributed by atoms with Gasteiger partial charge in [0.2, 0.25) is 0 Å². The number of ether oxygens (including phenoxy) is 2. The summed E-state index contributed by atoms with van der Waals surface area (Å²) in [5.41, 5.74) is 0.0240. The monoisotopic (exact) mass is 442 g/mol. The third kappa shape index (κ3) is 5.29. The second-order valence-corrected chi connectivity index (χ2v) is 9.25. The quantitative estimate of drug-likeness (QED) is 0.317. The Balaban J connectivity index is 1.84. The molecule has 2 aromatic rings. The normalized spacial score (nSPS) is 19.3. The van der Waals surface area contributed by atoms with E-state index in [1.165, 1.54) is 24.7 Å². The maximum Gasteiger partial charge on any atom is 0.323 e. The lowest BCUT2D eigenvalue weighted by Crippen LogP contribution is -2.45. The van der Waals surface area contributed by atoms with Gasteiger partial charge in [0.15, 0.2) is 5.41 Å². The molecule has 3 rings (SSSR count). The van der Waals surface area contributed by atoms with E-state index in [2.05, 4.69) is 29.7 Å². The minimum Gasteiger partial charge on any atom is -0.468 e. The smallest absolute Gasteiger partial charge is 0.323 e. The molecule has 0 bridgehead atoms. The Morgan fingerprint density at radius 3 is 2.10 bits per heavy atom. The summed E-state index contributed by atoms with van der Waals surface area (Å²) in [6, 6.07) is 20.3. The van der Waals surface area contributed by atoms with E-state index >= 15 is 0 Å². The summed E-state index contributed by atoms with van der Waals surface area (Å²) >= 11 is 3.41. The third-order valence-electron chi connectivity index (χ3n) is 5.40. The number of hydrogen-bond acceptors (Lipinski definition) is 6. The van der Waals surface area contributed by atoms with Gasteiger partial charge in [-0.2, -0.15) is 0 Å². The molecule has 1 aliphatic rings. The summed E-state index contributed by atoms with van der Waals surface area (Å²) in [6.45, 7) is 0. The van der Waals surface area contributed by atoms with E-state index in [0.29, 0.717) is 19.3 Å². The maximum atomic E-state index is 12.6. The number of benzene rings is 2. The van der Waals surface area contributed by atoms with Gasteiger partial charge in [0.1, 0.15) is 0 Å². The lowest BCUT2D eigenvalue weighted by molar-refractivity contribution is -0.172. The van der Waals surface area contributed by atoms with Gasteiger partial charge in [-0.3, -0.25) is 9.59 Å². The van der Waals surface area contributed by atoms with Crippen LogP contribution in [0.15, 0.2) is 81.4 Å². The zero-order valence-electron chi connectivity index (χ0n) is 17.2. The predicted octanol–water partition coefficient (Wildman–Crippen LogP) is 5.59. The first-order valence-electron chi connectivity index (χ1n) is 9.84. The van der Waals surface area contributed by atoms with Crippen LogP contribution >= 0.6 is 23.5 Å². The van der Waals surface area contributed by atoms with Gasteiger partial charge in [0, 0.05) is 15.5 Å². The van der Waals surface area contributed by atoms with Gasteiger partial charge in [0.05, 0.1) is 14.2 Å². The van der Waals surface area contributed by atoms with E-state index in [-0.39, 0.29) is 5.92 Å². The van der Waals surface area contributed by atoms with Crippen LogP contribution in [0.5, 0.6) is 0 Å². The van der Waals surface area contributed by atoms with Crippen molar-refractivity contribution in [2.24, 2.45) is 11.3 Å². The van der Waals surface area contributed by atoms with Gasteiger partial charge >= 0.3 is 11.9 Å². The highest BCUT2D eigenvalue weighted by atomic mass is 32.2. The first-order chi connectivity index (χ1) is 14.6. The Morgan fingerprint density at radius 1 is 0.967 bits per heavy atom. The Bertz CT molecular complexity index is 865. The number of hydrogen-bond donors (Lipinski definition) is 0. The second-order valence-electron chi connectivity index (χ2n) is 7.21. The molecule has 0 N–H and O–H groups in total. The van der Waals surface area contributed by atoms with Crippen LogP contribution in [0.25, 0.3) is 0 Å². The largest absolute Gasteiger partial charge is 0.468 e. The average molecular weight is 443 g/mol. The van der Waals surface area contributed by atoms with E-state index in [9.17, 15) is 9.59 Å². The van der Waals surface area contributed by atoms with E-state index in [0.717, 1.165) is 10.6 Å². The van der Waals surface area contributed by atoms with Crippen molar-refractivity contribution in [2.75, 3.05) is 20.0 Å². The highest BCUT2D eigenvalue weighted by molar-refractivity contribution is 8.02. The van der Waals surface area contributed by atoms with E-state index in [1.807, 2.05) is 36.4 Å². The Kier molecular flexibility index (Phi) is 8.05. The lowest BCUT2D eigenvalue weighted by atomic mass is 9.68. The topological polar surface area (TPSA) is 52.6 Å². The molecule has 0 aromatic heterocycles. The first kappa shape index (κ1) is 22.5. The van der Waals surface area contributed by atoms with Gasteiger partial charge in [0.25, 0.3) is 0 Å². The van der Waals surface area contributed by atoms with Crippen molar-refractivity contribution < 1.29 is 19.1 Å². The summed E-state index contributed by atoms with van der Waals surface area (Å²) in [7, 11) is 2.66. The standard InChI is InChI=1S/C24H26O4S2/c1-27-22(25)24(23(26)28-2)14-13-18(16-29-20-9-5-3-6-10-20)19(15-24)17-30-21-11-7-4-8-12-21/h3-12,16,19H,13-15,17H2,1-2H3/b18-16+. The summed E-state index contributed by atoms with van der Waals surface area (Å²) in [4.78, 5) is 27.6. The Morgan fingerprint density at radius 2 is 1.53 bits per heavy atom. The molecule has 4 nitrogen and oxygen atoms in total. The molecule has 1 fully saturated rings. The molecule has 1 saturated carbocycles. The molecule has 1 aliphatic carbocycles. The number of rotatable bonds is 7. The zero-order chi connectivity index (χ0) is 21.4. The molecule has 2 aromatic carbocycles. The molecular formula is C24H26O4S2. The third-order valence-corrected chi connectivity index (χ3v) is 7.54. The van der Waals surface area contributed by atoms with Gasteiger partial charge in [-0.15, -0.1) is 11.8 Å². The molecule has 0 aliphatic heterocycles. The van der Waals surface area contributed by atoms with Crippen LogP contribution in [0.4, 0.5) is 0 Å². The molecular weight excluding hydrogens is 416 g/mol. The number of allylic oxidation sites excluding steroid dienone is 1. The lowest BCUT2D eigenvalue weighted by Gasteiger charge is -2.37. The summed E-state index contributed by atoms with van der Waals surface area (Å²) < 4.78 is 10.0. The minimum absolute atomic E-state index is 0.0679. The molecule has 6 heteroatoms. The summed E-state index contributed by atoms with van der Waals surface area (Å²) in [5, 5.41) is 2.18. The Hall–Kier alpha value is -2.18. The van der Waals surface area contributed by atoms with Crippen LogP contribution in [0.1, 0.15) is 19.3 Å². The molecule has 0 radical (unpaired) electrons. The molecule has 0 heterocycles. The fourth-order valence-corrected chi connectivity index (χ4v) is 5.73. The number of carbonyl (C=O) groups is 2. The predicted molar refractivity (Wildman–Crippen MR) is 121 cm³/mol. The Labute approximate surface area is 186 Å². The number of thioether (sulfide) groups is 2. The van der Waals surface area contributed by atoms with Crippen LogP contribution < -0.4 is 0 Å². The van der Waals surface area contributed by atoms with E-state index < -0.39 is 17.4 Å². The molecule has 1 unspecified atom stereocenters. The van der Waals surface area contributed by atoms with Gasteiger partial charge in [-0.05, 0) is 54.9 Å².